The van der Waals surface area contributed by atoms with Gasteiger partial charge in [-0.2, -0.15) is 11.8 Å². The fourth-order valence-corrected chi connectivity index (χ4v) is 4.10. The summed E-state index contributed by atoms with van der Waals surface area (Å²) in [6, 6.07) is -0.139. The zero-order valence-corrected chi connectivity index (χ0v) is 12.8. The Kier molecular flexibility index (Phi) is 4.66. The van der Waals surface area contributed by atoms with E-state index in [9.17, 15) is 9.90 Å². The first-order valence-electron chi connectivity index (χ1n) is 7.25. The van der Waals surface area contributed by atoms with Crippen LogP contribution in [0.2, 0.25) is 0 Å². The van der Waals surface area contributed by atoms with Crippen molar-refractivity contribution in [3.05, 3.63) is 0 Å². The van der Waals surface area contributed by atoms with Crippen molar-refractivity contribution in [1.82, 2.24) is 10.6 Å². The van der Waals surface area contributed by atoms with Crippen molar-refractivity contribution in [2.24, 2.45) is 11.3 Å². The molecule has 1 aliphatic carbocycles. The third kappa shape index (κ3) is 4.56. The lowest BCUT2D eigenvalue weighted by molar-refractivity contribution is 0.0699. The average molecular weight is 286 g/mol. The topological polar surface area (TPSA) is 61.4 Å². The van der Waals surface area contributed by atoms with Crippen molar-refractivity contribution in [3.8, 4) is 0 Å². The SMILES string of the molecule is CC(C)CC1(CNC(=O)NCC2(O)CCSC2)CC1. The van der Waals surface area contributed by atoms with E-state index in [1.165, 1.54) is 19.3 Å². The monoisotopic (exact) mass is 286 g/mol. The Morgan fingerprint density at radius 3 is 2.47 bits per heavy atom. The summed E-state index contributed by atoms with van der Waals surface area (Å²) in [6.45, 7) is 5.59. The van der Waals surface area contributed by atoms with Crippen LogP contribution in [0, 0.1) is 11.3 Å². The minimum Gasteiger partial charge on any atom is -0.387 e. The van der Waals surface area contributed by atoms with Gasteiger partial charge in [-0.05, 0) is 42.8 Å². The van der Waals surface area contributed by atoms with E-state index in [4.69, 9.17) is 0 Å². The highest BCUT2D eigenvalue weighted by atomic mass is 32.2. The molecule has 1 atom stereocenters. The van der Waals surface area contributed by atoms with Gasteiger partial charge in [0.25, 0.3) is 0 Å². The van der Waals surface area contributed by atoms with Crippen LogP contribution in [0.15, 0.2) is 0 Å². The van der Waals surface area contributed by atoms with Crippen LogP contribution in [0.5, 0.6) is 0 Å². The van der Waals surface area contributed by atoms with Crippen LogP contribution in [-0.2, 0) is 0 Å². The predicted molar refractivity (Wildman–Crippen MR) is 79.4 cm³/mol. The Bertz CT molecular complexity index is 323. The van der Waals surface area contributed by atoms with Gasteiger partial charge in [-0.15, -0.1) is 0 Å². The van der Waals surface area contributed by atoms with Gasteiger partial charge in [-0.25, -0.2) is 4.79 Å². The molecule has 1 heterocycles. The molecule has 1 saturated heterocycles. The van der Waals surface area contributed by atoms with Crippen molar-refractivity contribution >= 4 is 17.8 Å². The molecule has 1 saturated carbocycles. The van der Waals surface area contributed by atoms with Gasteiger partial charge in [0.05, 0.1) is 5.60 Å². The Labute approximate surface area is 120 Å². The molecule has 1 unspecified atom stereocenters. The lowest BCUT2D eigenvalue weighted by Gasteiger charge is -2.23. The zero-order chi connectivity index (χ0) is 13.9. The normalized spacial score (nSPS) is 28.4. The van der Waals surface area contributed by atoms with Crippen LogP contribution >= 0.6 is 11.8 Å². The van der Waals surface area contributed by atoms with E-state index in [1.807, 2.05) is 0 Å². The number of aliphatic hydroxyl groups is 1. The predicted octanol–water partition coefficient (Wildman–Crippen LogP) is 1.98. The van der Waals surface area contributed by atoms with E-state index in [0.717, 1.165) is 24.5 Å². The Morgan fingerprint density at radius 1 is 1.26 bits per heavy atom. The standard InChI is InChI=1S/C14H26N2O2S/c1-11(2)7-13(3-4-13)8-15-12(17)16-9-14(18)5-6-19-10-14/h11,18H,3-10H2,1-2H3,(H2,15,16,17). The summed E-state index contributed by atoms with van der Waals surface area (Å²) >= 11 is 1.75. The molecule has 0 spiro atoms. The molecule has 110 valence electrons. The smallest absolute Gasteiger partial charge is 0.314 e. The van der Waals surface area contributed by atoms with Crippen LogP contribution in [0.25, 0.3) is 0 Å². The van der Waals surface area contributed by atoms with Crippen molar-refractivity contribution < 1.29 is 9.90 Å². The lowest BCUT2D eigenvalue weighted by atomic mass is 9.94. The van der Waals surface area contributed by atoms with Gasteiger partial charge in [0.15, 0.2) is 0 Å². The molecule has 2 fully saturated rings. The zero-order valence-electron chi connectivity index (χ0n) is 12.0. The number of rotatable bonds is 6. The second-order valence-corrected chi connectivity index (χ2v) is 7.77. The Balaban J connectivity index is 1.65. The van der Waals surface area contributed by atoms with Gasteiger partial charge in [-0.3, -0.25) is 0 Å². The molecule has 0 bridgehead atoms. The first kappa shape index (κ1) is 15.0. The van der Waals surface area contributed by atoms with E-state index in [-0.39, 0.29) is 6.03 Å². The van der Waals surface area contributed by atoms with Crippen LogP contribution in [-0.4, -0.2) is 41.3 Å². The first-order chi connectivity index (χ1) is 8.93. The molecule has 5 heteroatoms. The highest BCUT2D eigenvalue weighted by Crippen LogP contribution is 2.49. The minimum absolute atomic E-state index is 0.139. The Hall–Kier alpha value is -0.420. The minimum atomic E-state index is -0.697. The van der Waals surface area contributed by atoms with Gasteiger partial charge >= 0.3 is 6.03 Å². The molecule has 0 aromatic heterocycles. The molecular weight excluding hydrogens is 260 g/mol. The lowest BCUT2D eigenvalue weighted by Crippen LogP contribution is -2.47. The quantitative estimate of drug-likeness (QED) is 0.700. The Morgan fingerprint density at radius 2 is 1.95 bits per heavy atom. The van der Waals surface area contributed by atoms with E-state index >= 15 is 0 Å². The molecule has 2 aliphatic rings. The van der Waals surface area contributed by atoms with Gasteiger partial charge in [0, 0.05) is 18.8 Å². The number of urea groups is 1. The molecule has 3 N–H and O–H groups in total. The van der Waals surface area contributed by atoms with Gasteiger partial charge in [0.1, 0.15) is 0 Å². The molecule has 2 amide bonds. The number of thioether (sulfide) groups is 1. The number of amides is 2. The van der Waals surface area contributed by atoms with Gasteiger partial charge in [-0.1, -0.05) is 13.8 Å². The van der Waals surface area contributed by atoms with Crippen molar-refractivity contribution in [2.75, 3.05) is 24.6 Å². The summed E-state index contributed by atoms with van der Waals surface area (Å²) in [4.78, 5) is 11.8. The number of carbonyl (C=O) groups excluding carboxylic acids is 1. The van der Waals surface area contributed by atoms with Crippen LogP contribution < -0.4 is 10.6 Å². The third-order valence-corrected chi connectivity index (χ3v) is 5.32. The average Bonchev–Trinajstić information content (AvgIpc) is 2.96. The van der Waals surface area contributed by atoms with E-state index in [2.05, 4.69) is 24.5 Å². The van der Waals surface area contributed by atoms with Gasteiger partial charge in [0.2, 0.25) is 0 Å². The summed E-state index contributed by atoms with van der Waals surface area (Å²) in [7, 11) is 0. The highest BCUT2D eigenvalue weighted by Gasteiger charge is 2.42. The second-order valence-electron chi connectivity index (χ2n) is 6.66. The largest absolute Gasteiger partial charge is 0.387 e. The van der Waals surface area contributed by atoms with Crippen molar-refractivity contribution in [3.63, 3.8) is 0 Å². The maximum absolute atomic E-state index is 11.8. The molecule has 2 rings (SSSR count). The molecule has 19 heavy (non-hydrogen) atoms. The van der Waals surface area contributed by atoms with E-state index < -0.39 is 5.60 Å². The van der Waals surface area contributed by atoms with E-state index in [1.54, 1.807) is 11.8 Å². The van der Waals surface area contributed by atoms with Gasteiger partial charge < -0.3 is 15.7 Å². The third-order valence-electron chi connectivity index (χ3n) is 4.08. The fourth-order valence-electron chi connectivity index (χ4n) is 2.81. The van der Waals surface area contributed by atoms with Crippen molar-refractivity contribution in [1.29, 1.82) is 0 Å². The summed E-state index contributed by atoms with van der Waals surface area (Å²) < 4.78 is 0. The maximum atomic E-state index is 11.8. The van der Waals surface area contributed by atoms with Crippen LogP contribution in [0.3, 0.4) is 0 Å². The number of carbonyl (C=O) groups is 1. The molecular formula is C14H26N2O2S. The molecule has 0 aromatic rings. The first-order valence-corrected chi connectivity index (χ1v) is 8.40. The summed E-state index contributed by atoms with van der Waals surface area (Å²) in [5.74, 6) is 2.39. The maximum Gasteiger partial charge on any atom is 0.314 e. The molecule has 4 nitrogen and oxygen atoms in total. The second kappa shape index (κ2) is 5.92. The molecule has 0 radical (unpaired) electrons. The van der Waals surface area contributed by atoms with Crippen LogP contribution in [0.4, 0.5) is 4.79 Å². The number of nitrogens with one attached hydrogen (secondary N) is 2. The van der Waals surface area contributed by atoms with Crippen LogP contribution in [0.1, 0.15) is 39.5 Å². The fraction of sp³-hybridized carbons (Fsp3) is 0.929. The summed E-state index contributed by atoms with van der Waals surface area (Å²) in [6.07, 6.45) is 4.42. The number of hydrogen-bond donors (Lipinski definition) is 3. The van der Waals surface area contributed by atoms with Crippen molar-refractivity contribution in [2.45, 2.75) is 45.1 Å². The summed E-state index contributed by atoms with van der Waals surface area (Å²) in [5, 5.41) is 15.9. The van der Waals surface area contributed by atoms with E-state index in [0.29, 0.717) is 17.9 Å². The number of hydrogen-bond acceptors (Lipinski definition) is 3. The summed E-state index contributed by atoms with van der Waals surface area (Å²) in [5.41, 5.74) is -0.344. The molecule has 1 aliphatic heterocycles. The molecule has 0 aromatic carbocycles. The highest BCUT2D eigenvalue weighted by molar-refractivity contribution is 7.99.